The fraction of sp³-hybridized carbons (Fsp3) is 0.200. The van der Waals surface area contributed by atoms with E-state index in [0.717, 1.165) is 35.5 Å². The van der Waals surface area contributed by atoms with Crippen LogP contribution in [0.4, 0.5) is 10.2 Å². The molecule has 1 aliphatic heterocycles. The van der Waals surface area contributed by atoms with Crippen LogP contribution >= 0.6 is 0 Å². The molecule has 1 atom stereocenters. The monoisotopic (exact) mass is 319 g/mol. The van der Waals surface area contributed by atoms with Crippen molar-refractivity contribution in [3.63, 3.8) is 0 Å². The molecule has 0 bridgehead atoms. The number of aromatic nitrogens is 2. The van der Waals surface area contributed by atoms with Gasteiger partial charge >= 0.3 is 0 Å². The maximum atomic E-state index is 13.3. The molecule has 0 N–H and O–H groups in total. The van der Waals surface area contributed by atoms with Gasteiger partial charge in [0, 0.05) is 18.2 Å². The zero-order valence-corrected chi connectivity index (χ0v) is 13.5. The fourth-order valence-corrected chi connectivity index (χ4v) is 3.26. The third kappa shape index (κ3) is 2.44. The number of benzene rings is 2. The number of fused-ring (bicyclic) bond motifs is 1. The summed E-state index contributed by atoms with van der Waals surface area (Å²) in [6, 6.07) is 17.1. The smallest absolute Gasteiger partial charge is 0.158 e. The SMILES string of the molecule is CCc1nn2c(c1-c1ccc(F)cc1)N=CCC2c1ccccc1. The molecular weight excluding hydrogens is 301 g/mol. The second-order valence-corrected chi connectivity index (χ2v) is 5.92. The summed E-state index contributed by atoms with van der Waals surface area (Å²) < 4.78 is 15.3. The molecule has 24 heavy (non-hydrogen) atoms. The standard InChI is InChI=1S/C20H18FN3/c1-2-17-19(15-8-10-16(21)11-9-15)20-22-13-12-18(24(20)23-17)14-6-4-3-5-7-14/h3-11,13,18H,2,12H2,1H3. The van der Waals surface area contributed by atoms with Crippen LogP contribution in [0.15, 0.2) is 59.6 Å². The van der Waals surface area contributed by atoms with Crippen molar-refractivity contribution in [3.8, 4) is 11.1 Å². The van der Waals surface area contributed by atoms with E-state index < -0.39 is 0 Å². The van der Waals surface area contributed by atoms with Gasteiger partial charge in [0.15, 0.2) is 5.82 Å². The molecule has 2 heterocycles. The number of hydrogen-bond donors (Lipinski definition) is 0. The largest absolute Gasteiger partial charge is 0.241 e. The van der Waals surface area contributed by atoms with Crippen molar-refractivity contribution in [2.24, 2.45) is 4.99 Å². The number of aryl methyl sites for hydroxylation is 1. The normalized spacial score (nSPS) is 16.2. The van der Waals surface area contributed by atoms with Gasteiger partial charge in [-0.15, -0.1) is 0 Å². The molecule has 0 fully saturated rings. The van der Waals surface area contributed by atoms with E-state index in [2.05, 4.69) is 24.0 Å². The maximum absolute atomic E-state index is 13.3. The minimum atomic E-state index is -0.233. The highest BCUT2D eigenvalue weighted by atomic mass is 19.1. The van der Waals surface area contributed by atoms with Gasteiger partial charge in [-0.2, -0.15) is 5.10 Å². The highest BCUT2D eigenvalue weighted by Crippen LogP contribution is 2.40. The second kappa shape index (κ2) is 6.04. The average Bonchev–Trinajstić information content (AvgIpc) is 3.02. The minimum absolute atomic E-state index is 0.151. The summed E-state index contributed by atoms with van der Waals surface area (Å²) in [6.07, 6.45) is 3.59. The molecule has 1 unspecified atom stereocenters. The van der Waals surface area contributed by atoms with E-state index in [-0.39, 0.29) is 11.9 Å². The molecule has 0 spiro atoms. The number of halogens is 1. The molecule has 0 amide bonds. The minimum Gasteiger partial charge on any atom is -0.241 e. The Morgan fingerprint density at radius 3 is 2.54 bits per heavy atom. The molecule has 120 valence electrons. The van der Waals surface area contributed by atoms with E-state index >= 15 is 0 Å². The van der Waals surface area contributed by atoms with Crippen molar-refractivity contribution >= 4 is 12.0 Å². The van der Waals surface area contributed by atoms with Crippen molar-refractivity contribution in [1.82, 2.24) is 9.78 Å². The van der Waals surface area contributed by atoms with Crippen LogP contribution < -0.4 is 0 Å². The second-order valence-electron chi connectivity index (χ2n) is 5.92. The van der Waals surface area contributed by atoms with Crippen LogP contribution in [-0.4, -0.2) is 16.0 Å². The van der Waals surface area contributed by atoms with Crippen molar-refractivity contribution in [1.29, 1.82) is 0 Å². The quantitative estimate of drug-likeness (QED) is 0.672. The summed E-state index contributed by atoms with van der Waals surface area (Å²) >= 11 is 0. The van der Waals surface area contributed by atoms with Crippen molar-refractivity contribution < 1.29 is 4.39 Å². The van der Waals surface area contributed by atoms with E-state index in [1.807, 2.05) is 29.1 Å². The van der Waals surface area contributed by atoms with Crippen molar-refractivity contribution in [2.75, 3.05) is 0 Å². The molecule has 2 aromatic carbocycles. The number of aliphatic imine (C=N–C) groups is 1. The van der Waals surface area contributed by atoms with Gasteiger partial charge in [0.2, 0.25) is 0 Å². The summed E-state index contributed by atoms with van der Waals surface area (Å²) in [7, 11) is 0. The van der Waals surface area contributed by atoms with Crippen LogP contribution in [0, 0.1) is 5.82 Å². The van der Waals surface area contributed by atoms with Gasteiger partial charge in [-0.05, 0) is 29.7 Å². The summed E-state index contributed by atoms with van der Waals surface area (Å²) in [6.45, 7) is 2.09. The van der Waals surface area contributed by atoms with Gasteiger partial charge in [-0.3, -0.25) is 0 Å². The molecule has 0 aliphatic carbocycles. The van der Waals surface area contributed by atoms with Gasteiger partial charge in [-0.25, -0.2) is 14.1 Å². The van der Waals surface area contributed by atoms with Gasteiger partial charge in [0.1, 0.15) is 5.82 Å². The Balaban J connectivity index is 1.87. The molecular formula is C20H18FN3. The zero-order valence-electron chi connectivity index (χ0n) is 13.5. The van der Waals surface area contributed by atoms with E-state index in [1.54, 1.807) is 12.1 Å². The Bertz CT molecular complexity index is 879. The summed E-state index contributed by atoms with van der Waals surface area (Å²) in [5, 5.41) is 4.84. The van der Waals surface area contributed by atoms with E-state index in [1.165, 1.54) is 17.7 Å². The van der Waals surface area contributed by atoms with Gasteiger partial charge < -0.3 is 0 Å². The molecule has 3 aromatic rings. The van der Waals surface area contributed by atoms with Gasteiger partial charge in [-0.1, -0.05) is 49.4 Å². The number of hydrogen-bond acceptors (Lipinski definition) is 2. The van der Waals surface area contributed by atoms with Crippen molar-refractivity contribution in [3.05, 3.63) is 71.7 Å². The first-order valence-corrected chi connectivity index (χ1v) is 8.22. The fourth-order valence-electron chi connectivity index (χ4n) is 3.26. The van der Waals surface area contributed by atoms with Crippen LogP contribution in [-0.2, 0) is 6.42 Å². The van der Waals surface area contributed by atoms with Crippen molar-refractivity contribution in [2.45, 2.75) is 25.8 Å². The molecule has 3 nitrogen and oxygen atoms in total. The summed E-state index contributed by atoms with van der Waals surface area (Å²) in [5.74, 6) is 0.627. The molecule has 0 saturated carbocycles. The zero-order chi connectivity index (χ0) is 16.5. The molecule has 0 saturated heterocycles. The van der Waals surface area contributed by atoms with E-state index in [0.29, 0.717) is 0 Å². The molecule has 4 rings (SSSR count). The lowest BCUT2D eigenvalue weighted by Gasteiger charge is -2.21. The third-order valence-electron chi connectivity index (χ3n) is 4.45. The predicted molar refractivity (Wildman–Crippen MR) is 94.3 cm³/mol. The first-order valence-electron chi connectivity index (χ1n) is 8.22. The van der Waals surface area contributed by atoms with Gasteiger partial charge in [0.05, 0.1) is 11.7 Å². The number of nitrogens with zero attached hydrogens (tertiary/aromatic N) is 3. The topological polar surface area (TPSA) is 30.2 Å². The molecule has 0 radical (unpaired) electrons. The average molecular weight is 319 g/mol. The lowest BCUT2D eigenvalue weighted by atomic mass is 10.0. The first kappa shape index (κ1) is 14.8. The van der Waals surface area contributed by atoms with Crippen LogP contribution in [0.2, 0.25) is 0 Å². The third-order valence-corrected chi connectivity index (χ3v) is 4.45. The summed E-state index contributed by atoms with van der Waals surface area (Å²) in [5.41, 5.74) is 4.19. The highest BCUT2D eigenvalue weighted by molar-refractivity contribution is 5.80. The van der Waals surface area contributed by atoms with Gasteiger partial charge in [0.25, 0.3) is 0 Å². The Hall–Kier alpha value is -2.75. The lowest BCUT2D eigenvalue weighted by molar-refractivity contribution is 0.531. The Labute approximate surface area is 140 Å². The van der Waals surface area contributed by atoms with E-state index in [4.69, 9.17) is 5.10 Å². The Morgan fingerprint density at radius 1 is 1.08 bits per heavy atom. The van der Waals surface area contributed by atoms with E-state index in [9.17, 15) is 4.39 Å². The Kier molecular flexibility index (Phi) is 3.73. The maximum Gasteiger partial charge on any atom is 0.158 e. The van der Waals surface area contributed by atoms with Crippen LogP contribution in [0.25, 0.3) is 11.1 Å². The Morgan fingerprint density at radius 2 is 1.83 bits per heavy atom. The molecule has 4 heteroatoms. The van der Waals surface area contributed by atoms with Crippen LogP contribution in [0.3, 0.4) is 0 Å². The lowest BCUT2D eigenvalue weighted by Crippen LogP contribution is -2.15. The molecule has 1 aromatic heterocycles. The molecule has 1 aliphatic rings. The highest BCUT2D eigenvalue weighted by Gasteiger charge is 2.26. The van der Waals surface area contributed by atoms with Crippen LogP contribution in [0.1, 0.15) is 30.6 Å². The predicted octanol–water partition coefficient (Wildman–Crippen LogP) is 4.95. The van der Waals surface area contributed by atoms with Crippen LogP contribution in [0.5, 0.6) is 0 Å². The number of rotatable bonds is 3. The summed E-state index contributed by atoms with van der Waals surface area (Å²) in [4.78, 5) is 4.62. The first-order chi connectivity index (χ1) is 11.8.